The van der Waals surface area contributed by atoms with Gasteiger partial charge in [-0.05, 0) is 11.4 Å². The second-order valence-corrected chi connectivity index (χ2v) is 6.84. The van der Waals surface area contributed by atoms with Crippen LogP contribution >= 0.6 is 23.1 Å². The van der Waals surface area contributed by atoms with Crippen LogP contribution in [0.4, 0.5) is 0 Å². The first kappa shape index (κ1) is 15.0. The summed E-state index contributed by atoms with van der Waals surface area (Å²) in [4.78, 5) is 5.50. The van der Waals surface area contributed by atoms with Crippen molar-refractivity contribution in [3.05, 3.63) is 59.8 Å². The second-order valence-electron chi connectivity index (χ2n) is 4.95. The topological polar surface area (TPSA) is 82.8 Å². The lowest BCUT2D eigenvalue weighted by Gasteiger charge is -2.02. The second kappa shape index (κ2) is 6.50. The van der Waals surface area contributed by atoms with Gasteiger partial charge in [-0.1, -0.05) is 48.2 Å². The van der Waals surface area contributed by atoms with Crippen molar-refractivity contribution in [2.45, 2.75) is 10.9 Å². The molecule has 0 atom stereocenters. The number of thiophene rings is 1. The molecule has 0 saturated carbocycles. The highest BCUT2D eigenvalue weighted by molar-refractivity contribution is 7.98. The van der Waals surface area contributed by atoms with E-state index in [4.69, 9.17) is 10.3 Å². The monoisotopic (exact) mass is 355 g/mol. The van der Waals surface area contributed by atoms with Gasteiger partial charge in [-0.25, -0.2) is 9.66 Å². The normalized spacial score (nSPS) is 11.0. The summed E-state index contributed by atoms with van der Waals surface area (Å²) in [5.74, 6) is 8.00. The summed E-state index contributed by atoms with van der Waals surface area (Å²) < 4.78 is 7.01. The number of aromatic nitrogens is 4. The molecular formula is C16H13N5OS2. The third-order valence-electron chi connectivity index (χ3n) is 3.33. The molecule has 0 aliphatic rings. The summed E-state index contributed by atoms with van der Waals surface area (Å²) in [5.41, 5.74) is 1.77. The molecule has 0 radical (unpaired) electrons. The molecule has 2 N–H and O–H groups in total. The largest absolute Gasteiger partial charge is 0.444 e. The van der Waals surface area contributed by atoms with Crippen LogP contribution in [0.15, 0.2) is 63.7 Å². The summed E-state index contributed by atoms with van der Waals surface area (Å²) in [7, 11) is 0. The van der Waals surface area contributed by atoms with Crippen LogP contribution in [0.5, 0.6) is 0 Å². The van der Waals surface area contributed by atoms with Gasteiger partial charge in [-0.3, -0.25) is 0 Å². The highest BCUT2D eigenvalue weighted by atomic mass is 32.2. The van der Waals surface area contributed by atoms with E-state index in [1.54, 1.807) is 17.6 Å². The third-order valence-corrected chi connectivity index (χ3v) is 5.16. The van der Waals surface area contributed by atoms with E-state index in [0.717, 1.165) is 16.1 Å². The summed E-state index contributed by atoms with van der Waals surface area (Å²) in [6.45, 7) is 0. The Balaban J connectivity index is 1.48. The van der Waals surface area contributed by atoms with E-state index in [0.29, 0.717) is 22.6 Å². The van der Waals surface area contributed by atoms with Crippen molar-refractivity contribution in [1.82, 2.24) is 19.9 Å². The van der Waals surface area contributed by atoms with Gasteiger partial charge in [-0.15, -0.1) is 21.5 Å². The summed E-state index contributed by atoms with van der Waals surface area (Å²) in [5, 5.41) is 11.0. The predicted octanol–water partition coefficient (Wildman–Crippen LogP) is 3.67. The molecule has 0 bridgehead atoms. The Morgan fingerprint density at radius 3 is 2.79 bits per heavy atom. The Hall–Kier alpha value is -2.58. The van der Waals surface area contributed by atoms with E-state index in [1.807, 2.05) is 47.8 Å². The fourth-order valence-electron chi connectivity index (χ4n) is 2.18. The van der Waals surface area contributed by atoms with Crippen LogP contribution in [0.2, 0.25) is 0 Å². The minimum absolute atomic E-state index is 0.610. The zero-order valence-electron chi connectivity index (χ0n) is 12.5. The first-order valence-electron chi connectivity index (χ1n) is 7.18. The molecule has 0 aliphatic carbocycles. The van der Waals surface area contributed by atoms with Crippen molar-refractivity contribution in [3.63, 3.8) is 0 Å². The lowest BCUT2D eigenvalue weighted by atomic mass is 10.2. The minimum Gasteiger partial charge on any atom is -0.444 e. The van der Waals surface area contributed by atoms with Crippen LogP contribution in [0.3, 0.4) is 0 Å². The molecule has 0 saturated heterocycles. The Morgan fingerprint density at radius 2 is 2.00 bits per heavy atom. The molecule has 3 heterocycles. The maximum absolute atomic E-state index is 6.11. The lowest BCUT2D eigenvalue weighted by molar-refractivity contribution is 0.575. The Bertz CT molecular complexity index is 931. The third kappa shape index (κ3) is 2.93. The van der Waals surface area contributed by atoms with Crippen LogP contribution in [0.25, 0.3) is 22.2 Å². The number of thioether (sulfide) groups is 1. The summed E-state index contributed by atoms with van der Waals surface area (Å²) in [6.07, 6.45) is 1.66. The van der Waals surface area contributed by atoms with E-state index < -0.39 is 0 Å². The quantitative estimate of drug-likeness (QED) is 0.434. The van der Waals surface area contributed by atoms with Gasteiger partial charge in [0.15, 0.2) is 5.82 Å². The molecule has 0 unspecified atom stereocenters. The number of nitrogens with two attached hydrogens (primary N) is 1. The van der Waals surface area contributed by atoms with E-state index in [2.05, 4.69) is 15.2 Å². The molecule has 4 rings (SSSR count). The van der Waals surface area contributed by atoms with Gasteiger partial charge in [0.25, 0.3) is 0 Å². The van der Waals surface area contributed by atoms with E-state index in [9.17, 15) is 0 Å². The Labute approximate surface area is 146 Å². The van der Waals surface area contributed by atoms with E-state index in [1.165, 1.54) is 16.4 Å². The maximum atomic E-state index is 6.11. The zero-order chi connectivity index (χ0) is 16.4. The van der Waals surface area contributed by atoms with Gasteiger partial charge < -0.3 is 10.3 Å². The summed E-state index contributed by atoms with van der Waals surface area (Å²) >= 11 is 3.07. The average molecular weight is 355 g/mol. The molecule has 0 amide bonds. The molecule has 0 spiro atoms. The number of nitrogens with zero attached hydrogens (tertiary/aromatic N) is 4. The average Bonchev–Trinajstić information content (AvgIpc) is 3.35. The fourth-order valence-corrected chi connectivity index (χ4v) is 3.57. The Morgan fingerprint density at radius 1 is 1.12 bits per heavy atom. The number of hydrogen-bond acceptors (Lipinski definition) is 7. The maximum Gasteiger partial charge on any atom is 0.236 e. The Kier molecular flexibility index (Phi) is 4.06. The molecule has 6 nitrogen and oxygen atoms in total. The van der Waals surface area contributed by atoms with Crippen molar-refractivity contribution in [1.29, 1.82) is 0 Å². The molecule has 120 valence electrons. The highest BCUT2D eigenvalue weighted by Crippen LogP contribution is 2.27. The van der Waals surface area contributed by atoms with Crippen molar-refractivity contribution >= 4 is 23.1 Å². The van der Waals surface area contributed by atoms with Crippen molar-refractivity contribution in [3.8, 4) is 22.2 Å². The van der Waals surface area contributed by atoms with Crippen LogP contribution in [0, 0.1) is 0 Å². The van der Waals surface area contributed by atoms with Crippen molar-refractivity contribution < 1.29 is 4.42 Å². The zero-order valence-corrected chi connectivity index (χ0v) is 14.1. The number of benzene rings is 1. The van der Waals surface area contributed by atoms with Crippen LogP contribution in [-0.4, -0.2) is 19.9 Å². The molecule has 0 aliphatic heterocycles. The van der Waals surface area contributed by atoms with Gasteiger partial charge in [0.05, 0.1) is 10.6 Å². The van der Waals surface area contributed by atoms with Gasteiger partial charge in [0, 0.05) is 11.3 Å². The van der Waals surface area contributed by atoms with Gasteiger partial charge in [0.2, 0.25) is 11.0 Å². The number of nitrogen functional groups attached to an aromatic ring is 1. The fraction of sp³-hybridized carbons (Fsp3) is 0.0625. The molecule has 0 fully saturated rings. The standard InChI is InChI=1S/C16H13N5OS2/c17-21-14(11-5-2-1-3-6-11)19-20-16(21)24-10-12-9-22-15(18-12)13-7-4-8-23-13/h1-9H,10,17H2. The smallest absolute Gasteiger partial charge is 0.236 e. The number of oxazole rings is 1. The molecule has 3 aromatic heterocycles. The molecule has 4 aromatic rings. The molecule has 24 heavy (non-hydrogen) atoms. The van der Waals surface area contributed by atoms with E-state index >= 15 is 0 Å². The SMILES string of the molecule is Nn1c(SCc2coc(-c3cccs3)n2)nnc1-c1ccccc1. The van der Waals surface area contributed by atoms with Gasteiger partial charge >= 0.3 is 0 Å². The first-order chi connectivity index (χ1) is 11.8. The van der Waals surface area contributed by atoms with Crippen molar-refractivity contribution in [2.24, 2.45) is 0 Å². The van der Waals surface area contributed by atoms with Crippen LogP contribution in [-0.2, 0) is 5.75 Å². The predicted molar refractivity (Wildman–Crippen MR) is 95.0 cm³/mol. The first-order valence-corrected chi connectivity index (χ1v) is 9.05. The minimum atomic E-state index is 0.610. The van der Waals surface area contributed by atoms with Crippen molar-refractivity contribution in [2.75, 3.05) is 5.84 Å². The van der Waals surface area contributed by atoms with Gasteiger partial charge in [-0.2, -0.15) is 0 Å². The number of hydrogen-bond donors (Lipinski definition) is 1. The van der Waals surface area contributed by atoms with Gasteiger partial charge in [0.1, 0.15) is 6.26 Å². The van der Waals surface area contributed by atoms with Crippen LogP contribution < -0.4 is 5.84 Å². The molecular weight excluding hydrogens is 342 g/mol. The lowest BCUT2D eigenvalue weighted by Crippen LogP contribution is -2.11. The van der Waals surface area contributed by atoms with E-state index in [-0.39, 0.29) is 0 Å². The highest BCUT2D eigenvalue weighted by Gasteiger charge is 2.13. The molecule has 8 heteroatoms. The molecule has 1 aromatic carbocycles. The number of rotatable bonds is 5. The summed E-state index contributed by atoms with van der Waals surface area (Å²) in [6, 6.07) is 13.7. The van der Waals surface area contributed by atoms with Crippen LogP contribution in [0.1, 0.15) is 5.69 Å².